The van der Waals surface area contributed by atoms with Crippen molar-refractivity contribution in [1.82, 2.24) is 4.31 Å². The standard InChI is InChI=1S/C13H19NO5S/c1-13(2,16)9-14(3)20(17,18)11-8-6-5-7-10(11)12(15)19-4/h5-8,16H,9H2,1-4H3. The smallest absolute Gasteiger partial charge is 0.339 e. The van der Waals surface area contributed by atoms with Crippen LogP contribution in [-0.2, 0) is 14.8 Å². The number of aliphatic hydroxyl groups is 1. The fraction of sp³-hybridized carbons (Fsp3) is 0.462. The number of benzene rings is 1. The highest BCUT2D eigenvalue weighted by atomic mass is 32.2. The van der Waals surface area contributed by atoms with Crippen LogP contribution in [0, 0.1) is 0 Å². The number of nitrogens with zero attached hydrogens (tertiary/aromatic N) is 1. The zero-order chi connectivity index (χ0) is 15.6. The number of sulfonamides is 1. The highest BCUT2D eigenvalue weighted by Gasteiger charge is 2.29. The molecule has 112 valence electrons. The van der Waals surface area contributed by atoms with Gasteiger partial charge in [0.1, 0.15) is 0 Å². The van der Waals surface area contributed by atoms with Crippen molar-refractivity contribution >= 4 is 16.0 Å². The third-order valence-electron chi connectivity index (χ3n) is 2.59. The molecule has 0 unspecified atom stereocenters. The molecule has 0 saturated carbocycles. The van der Waals surface area contributed by atoms with E-state index in [-0.39, 0.29) is 17.0 Å². The van der Waals surface area contributed by atoms with E-state index >= 15 is 0 Å². The van der Waals surface area contributed by atoms with Gasteiger partial charge in [-0.25, -0.2) is 13.2 Å². The Morgan fingerprint density at radius 1 is 1.35 bits per heavy atom. The van der Waals surface area contributed by atoms with E-state index in [2.05, 4.69) is 4.74 Å². The molecule has 0 saturated heterocycles. The maximum atomic E-state index is 12.5. The number of hydrogen-bond donors (Lipinski definition) is 1. The minimum absolute atomic E-state index is 0.0300. The first kappa shape index (κ1) is 16.6. The summed E-state index contributed by atoms with van der Waals surface area (Å²) >= 11 is 0. The Labute approximate surface area is 119 Å². The average molecular weight is 301 g/mol. The Morgan fingerprint density at radius 3 is 2.40 bits per heavy atom. The molecule has 0 fully saturated rings. The van der Waals surface area contributed by atoms with Gasteiger partial charge in [-0.2, -0.15) is 4.31 Å². The number of rotatable bonds is 5. The van der Waals surface area contributed by atoms with Crippen molar-refractivity contribution in [3.63, 3.8) is 0 Å². The van der Waals surface area contributed by atoms with E-state index in [9.17, 15) is 18.3 Å². The van der Waals surface area contributed by atoms with Crippen LogP contribution in [0.15, 0.2) is 29.2 Å². The van der Waals surface area contributed by atoms with E-state index < -0.39 is 21.6 Å². The van der Waals surface area contributed by atoms with Gasteiger partial charge in [0, 0.05) is 13.6 Å². The lowest BCUT2D eigenvalue weighted by Crippen LogP contribution is -2.40. The fourth-order valence-corrected chi connectivity index (χ4v) is 3.27. The van der Waals surface area contributed by atoms with Crippen molar-refractivity contribution in [3.05, 3.63) is 29.8 Å². The molecule has 7 heteroatoms. The van der Waals surface area contributed by atoms with E-state index in [1.165, 1.54) is 46.2 Å². The topological polar surface area (TPSA) is 83.9 Å². The molecule has 0 spiro atoms. The molecule has 0 aliphatic rings. The van der Waals surface area contributed by atoms with Crippen LogP contribution in [0.1, 0.15) is 24.2 Å². The average Bonchev–Trinajstić information content (AvgIpc) is 2.35. The molecule has 0 aliphatic heterocycles. The molecule has 1 aromatic rings. The van der Waals surface area contributed by atoms with Crippen LogP contribution in [-0.4, -0.2) is 50.1 Å². The van der Waals surface area contributed by atoms with E-state index in [0.717, 1.165) is 4.31 Å². The van der Waals surface area contributed by atoms with Crippen molar-refractivity contribution in [2.75, 3.05) is 20.7 Å². The molecule has 1 aromatic carbocycles. The summed E-state index contributed by atoms with van der Waals surface area (Å²) in [6, 6.07) is 5.80. The van der Waals surface area contributed by atoms with Crippen LogP contribution in [0.25, 0.3) is 0 Å². The van der Waals surface area contributed by atoms with Crippen LogP contribution in [0.4, 0.5) is 0 Å². The summed E-state index contributed by atoms with van der Waals surface area (Å²) in [5.41, 5.74) is -1.21. The third kappa shape index (κ3) is 3.78. The normalized spacial score (nSPS) is 12.5. The Balaban J connectivity index is 3.26. The minimum atomic E-state index is -3.89. The number of ether oxygens (including phenoxy) is 1. The fourth-order valence-electron chi connectivity index (χ4n) is 1.77. The maximum Gasteiger partial charge on any atom is 0.339 e. The van der Waals surface area contributed by atoms with Crippen molar-refractivity contribution in [2.24, 2.45) is 0 Å². The van der Waals surface area contributed by atoms with Gasteiger partial charge in [-0.05, 0) is 26.0 Å². The van der Waals surface area contributed by atoms with Gasteiger partial charge in [0.05, 0.1) is 23.2 Å². The van der Waals surface area contributed by atoms with Gasteiger partial charge in [0.25, 0.3) is 0 Å². The summed E-state index contributed by atoms with van der Waals surface area (Å²) in [6.07, 6.45) is 0. The molecule has 0 atom stereocenters. The van der Waals surface area contributed by atoms with E-state index in [4.69, 9.17) is 0 Å². The lowest BCUT2D eigenvalue weighted by Gasteiger charge is -2.25. The lowest BCUT2D eigenvalue weighted by molar-refractivity contribution is 0.0596. The molecule has 0 aliphatic carbocycles. The number of hydrogen-bond acceptors (Lipinski definition) is 5. The van der Waals surface area contributed by atoms with Crippen molar-refractivity contribution in [1.29, 1.82) is 0 Å². The molecule has 1 N–H and O–H groups in total. The molecule has 0 heterocycles. The van der Waals surface area contributed by atoms with Gasteiger partial charge in [0.15, 0.2) is 0 Å². The molecule has 1 rings (SSSR count). The van der Waals surface area contributed by atoms with Crippen molar-refractivity contribution < 1.29 is 23.1 Å². The second kappa shape index (κ2) is 5.90. The van der Waals surface area contributed by atoms with Crippen LogP contribution in [0.2, 0.25) is 0 Å². The number of methoxy groups -OCH3 is 1. The molecule has 0 aromatic heterocycles. The molecular weight excluding hydrogens is 282 g/mol. The highest BCUT2D eigenvalue weighted by molar-refractivity contribution is 7.89. The van der Waals surface area contributed by atoms with Crippen molar-refractivity contribution in [2.45, 2.75) is 24.3 Å². The summed E-state index contributed by atoms with van der Waals surface area (Å²) < 4.78 is 30.5. The molecule has 20 heavy (non-hydrogen) atoms. The monoisotopic (exact) mass is 301 g/mol. The van der Waals surface area contributed by atoms with E-state index in [0.29, 0.717) is 0 Å². The van der Waals surface area contributed by atoms with Crippen LogP contribution in [0.3, 0.4) is 0 Å². The van der Waals surface area contributed by atoms with Gasteiger partial charge < -0.3 is 9.84 Å². The first-order chi connectivity index (χ1) is 9.09. The highest BCUT2D eigenvalue weighted by Crippen LogP contribution is 2.21. The van der Waals surface area contributed by atoms with E-state index in [1.807, 2.05) is 0 Å². The summed E-state index contributed by atoms with van der Waals surface area (Å²) in [6.45, 7) is 2.92. The second-order valence-electron chi connectivity index (χ2n) is 5.06. The predicted molar refractivity (Wildman–Crippen MR) is 73.9 cm³/mol. The minimum Gasteiger partial charge on any atom is -0.465 e. The number of likely N-dealkylation sites (N-methyl/N-ethyl adjacent to an activating group) is 1. The molecule has 6 nitrogen and oxygen atoms in total. The SMILES string of the molecule is COC(=O)c1ccccc1S(=O)(=O)N(C)CC(C)(C)O. The Bertz CT molecular complexity index is 589. The predicted octanol–water partition coefficient (Wildman–Crippen LogP) is 0.865. The second-order valence-corrected chi connectivity index (χ2v) is 7.07. The summed E-state index contributed by atoms with van der Waals surface area (Å²) in [7, 11) is -1.35. The summed E-state index contributed by atoms with van der Waals surface area (Å²) in [4.78, 5) is 11.5. The van der Waals surface area contributed by atoms with Crippen LogP contribution in [0.5, 0.6) is 0 Å². The Morgan fingerprint density at radius 2 is 1.90 bits per heavy atom. The van der Waals surface area contributed by atoms with Gasteiger partial charge in [0.2, 0.25) is 10.0 Å². The van der Waals surface area contributed by atoms with E-state index in [1.54, 1.807) is 6.07 Å². The van der Waals surface area contributed by atoms with Gasteiger partial charge in [-0.1, -0.05) is 12.1 Å². The third-order valence-corrected chi connectivity index (χ3v) is 4.45. The zero-order valence-electron chi connectivity index (χ0n) is 12.0. The zero-order valence-corrected chi connectivity index (χ0v) is 12.8. The molecular formula is C13H19NO5S. The largest absolute Gasteiger partial charge is 0.465 e. The van der Waals surface area contributed by atoms with Gasteiger partial charge >= 0.3 is 5.97 Å². The van der Waals surface area contributed by atoms with Crippen LogP contribution < -0.4 is 0 Å². The molecule has 0 bridgehead atoms. The van der Waals surface area contributed by atoms with Crippen molar-refractivity contribution in [3.8, 4) is 0 Å². The first-order valence-electron chi connectivity index (χ1n) is 5.95. The number of carbonyl (C=O) groups is 1. The number of esters is 1. The molecule has 0 radical (unpaired) electrons. The Hall–Kier alpha value is -1.44. The van der Waals surface area contributed by atoms with Gasteiger partial charge in [-0.15, -0.1) is 0 Å². The quantitative estimate of drug-likeness (QED) is 0.816. The maximum absolute atomic E-state index is 12.5. The molecule has 0 amide bonds. The van der Waals surface area contributed by atoms with Crippen LogP contribution >= 0.6 is 0 Å². The summed E-state index contributed by atoms with van der Waals surface area (Å²) in [5, 5.41) is 9.73. The first-order valence-corrected chi connectivity index (χ1v) is 7.39. The van der Waals surface area contributed by atoms with Gasteiger partial charge in [-0.3, -0.25) is 0 Å². The summed E-state index contributed by atoms with van der Waals surface area (Å²) in [5.74, 6) is -0.721. The lowest BCUT2D eigenvalue weighted by atomic mass is 10.1. The Kier molecular flexibility index (Phi) is 4.90. The number of carbonyl (C=O) groups excluding carboxylic acids is 1.